The summed E-state index contributed by atoms with van der Waals surface area (Å²) in [7, 11) is 0. The van der Waals surface area contributed by atoms with Gasteiger partial charge in [0.15, 0.2) is 5.84 Å². The Kier molecular flexibility index (Phi) is 9.56. The molecule has 0 rings (SSSR count). The van der Waals surface area contributed by atoms with Crippen molar-refractivity contribution < 1.29 is 19.8 Å². The van der Waals surface area contributed by atoms with Gasteiger partial charge in [-0.15, -0.1) is 0 Å². The van der Waals surface area contributed by atoms with E-state index in [0.29, 0.717) is 6.42 Å². The van der Waals surface area contributed by atoms with E-state index in [2.05, 4.69) is 10.5 Å². The molecule has 0 aliphatic rings. The number of amidine groups is 1. The molecule has 0 aliphatic carbocycles. The number of hydrogen-bond donors (Lipinski definition) is 4. The van der Waals surface area contributed by atoms with Crippen LogP contribution in [0.25, 0.3) is 0 Å². The molecule has 0 bridgehead atoms. The van der Waals surface area contributed by atoms with Crippen molar-refractivity contribution >= 4 is 11.9 Å². The maximum absolute atomic E-state index is 11.7. The molecule has 0 aromatic heterocycles. The van der Waals surface area contributed by atoms with Crippen LogP contribution in [0.4, 0.5) is 4.79 Å². The SMILES string of the molecule is CCC(O)CCCCC[C@H](NC(=O)OC(C)(C)C)/C(N)=N/O. The molecule has 130 valence electrons. The number of amides is 1. The van der Waals surface area contributed by atoms with Crippen LogP contribution < -0.4 is 11.1 Å². The number of ether oxygens (including phenoxy) is 1. The summed E-state index contributed by atoms with van der Waals surface area (Å²) in [4.78, 5) is 11.7. The number of hydrogen-bond acceptors (Lipinski definition) is 5. The van der Waals surface area contributed by atoms with Crippen LogP contribution in [0, 0.1) is 0 Å². The molecular weight excluding hydrogens is 286 g/mol. The molecule has 0 saturated heterocycles. The fourth-order valence-corrected chi connectivity index (χ4v) is 1.92. The lowest BCUT2D eigenvalue weighted by molar-refractivity contribution is 0.0515. The number of unbranched alkanes of at least 4 members (excludes halogenated alkanes) is 2. The summed E-state index contributed by atoms with van der Waals surface area (Å²) >= 11 is 0. The minimum atomic E-state index is -0.601. The van der Waals surface area contributed by atoms with Gasteiger partial charge in [-0.05, 0) is 40.0 Å². The van der Waals surface area contributed by atoms with Crippen molar-refractivity contribution in [3.63, 3.8) is 0 Å². The Balaban J connectivity index is 4.23. The van der Waals surface area contributed by atoms with Gasteiger partial charge in [-0.3, -0.25) is 0 Å². The van der Waals surface area contributed by atoms with Crippen molar-refractivity contribution in [2.75, 3.05) is 0 Å². The number of nitrogens with two attached hydrogens (primary N) is 1. The first-order chi connectivity index (χ1) is 10.2. The van der Waals surface area contributed by atoms with Gasteiger partial charge in [0, 0.05) is 0 Å². The Hall–Kier alpha value is -1.50. The number of alkyl carbamates (subject to hydrolysis) is 1. The third-order valence-electron chi connectivity index (χ3n) is 3.16. The van der Waals surface area contributed by atoms with Crippen molar-refractivity contribution in [3.05, 3.63) is 0 Å². The Morgan fingerprint density at radius 3 is 2.36 bits per heavy atom. The summed E-state index contributed by atoms with van der Waals surface area (Å²) in [6.45, 7) is 7.25. The lowest BCUT2D eigenvalue weighted by atomic mass is 10.0. The number of oxime groups is 1. The molecule has 0 heterocycles. The lowest BCUT2D eigenvalue weighted by Crippen LogP contribution is -2.46. The molecule has 7 heteroatoms. The van der Waals surface area contributed by atoms with Crippen LogP contribution in [-0.2, 0) is 4.74 Å². The first kappa shape index (κ1) is 20.5. The maximum Gasteiger partial charge on any atom is 0.408 e. The van der Waals surface area contributed by atoms with E-state index >= 15 is 0 Å². The Morgan fingerprint density at radius 1 is 1.27 bits per heavy atom. The molecule has 0 fully saturated rings. The fraction of sp³-hybridized carbons (Fsp3) is 0.867. The van der Waals surface area contributed by atoms with E-state index < -0.39 is 17.7 Å². The number of nitrogens with zero attached hydrogens (tertiary/aromatic N) is 1. The van der Waals surface area contributed by atoms with Gasteiger partial charge >= 0.3 is 6.09 Å². The van der Waals surface area contributed by atoms with E-state index in [-0.39, 0.29) is 11.9 Å². The van der Waals surface area contributed by atoms with Crippen LogP contribution in [-0.4, -0.2) is 40.0 Å². The molecular formula is C15H31N3O4. The minimum Gasteiger partial charge on any atom is -0.444 e. The van der Waals surface area contributed by atoms with Crippen LogP contribution in [0.15, 0.2) is 5.16 Å². The van der Waals surface area contributed by atoms with Gasteiger partial charge in [0.1, 0.15) is 5.60 Å². The van der Waals surface area contributed by atoms with Gasteiger partial charge < -0.3 is 26.1 Å². The van der Waals surface area contributed by atoms with Crippen LogP contribution in [0.3, 0.4) is 0 Å². The zero-order chi connectivity index (χ0) is 17.2. The standard InChI is InChI=1S/C15H31N3O4/c1-5-11(19)9-7-6-8-10-12(13(16)18-21)17-14(20)22-15(2,3)4/h11-12,19,21H,5-10H2,1-4H3,(H2,16,18)(H,17,20)/t11?,12-/m0/s1. The highest BCUT2D eigenvalue weighted by atomic mass is 16.6. The average molecular weight is 317 g/mol. The second kappa shape index (κ2) is 10.3. The van der Waals surface area contributed by atoms with E-state index in [9.17, 15) is 9.90 Å². The van der Waals surface area contributed by atoms with Gasteiger partial charge in [-0.1, -0.05) is 31.3 Å². The lowest BCUT2D eigenvalue weighted by Gasteiger charge is -2.23. The van der Waals surface area contributed by atoms with Crippen molar-refractivity contribution in [2.24, 2.45) is 10.9 Å². The van der Waals surface area contributed by atoms with Crippen LogP contribution in [0.5, 0.6) is 0 Å². The number of aliphatic hydroxyl groups is 1. The minimum absolute atomic E-state index is 0.0422. The zero-order valence-electron chi connectivity index (χ0n) is 14.1. The molecule has 2 atom stereocenters. The molecule has 0 saturated carbocycles. The van der Waals surface area contributed by atoms with Crippen molar-refractivity contribution in [2.45, 2.75) is 84.0 Å². The molecule has 5 N–H and O–H groups in total. The Bertz CT molecular complexity index is 353. The van der Waals surface area contributed by atoms with E-state index in [4.69, 9.17) is 15.7 Å². The highest BCUT2D eigenvalue weighted by molar-refractivity contribution is 5.88. The summed E-state index contributed by atoms with van der Waals surface area (Å²) in [6.07, 6.45) is 3.85. The third kappa shape index (κ3) is 10.3. The van der Waals surface area contributed by atoms with Gasteiger partial charge in [0.05, 0.1) is 12.1 Å². The molecule has 0 aromatic carbocycles. The second-order valence-electron chi connectivity index (χ2n) is 6.42. The number of rotatable bonds is 9. The first-order valence-electron chi connectivity index (χ1n) is 7.84. The Morgan fingerprint density at radius 2 is 1.86 bits per heavy atom. The molecule has 0 radical (unpaired) electrons. The smallest absolute Gasteiger partial charge is 0.408 e. The molecule has 0 aliphatic heterocycles. The quantitative estimate of drug-likeness (QED) is 0.171. The van der Waals surface area contributed by atoms with Crippen molar-refractivity contribution in [1.29, 1.82) is 0 Å². The summed E-state index contributed by atoms with van der Waals surface area (Å²) in [5.74, 6) is -0.0422. The van der Waals surface area contributed by atoms with E-state index in [0.717, 1.165) is 32.1 Å². The average Bonchev–Trinajstić information content (AvgIpc) is 2.42. The first-order valence-corrected chi connectivity index (χ1v) is 7.84. The van der Waals surface area contributed by atoms with Crippen LogP contribution in [0.1, 0.15) is 66.2 Å². The van der Waals surface area contributed by atoms with Crippen LogP contribution >= 0.6 is 0 Å². The molecule has 7 nitrogen and oxygen atoms in total. The second-order valence-corrected chi connectivity index (χ2v) is 6.42. The van der Waals surface area contributed by atoms with E-state index in [1.807, 2.05) is 6.92 Å². The van der Waals surface area contributed by atoms with Gasteiger partial charge in [-0.2, -0.15) is 0 Å². The van der Waals surface area contributed by atoms with E-state index in [1.54, 1.807) is 20.8 Å². The normalized spacial score (nSPS) is 15.2. The van der Waals surface area contributed by atoms with Crippen LogP contribution in [0.2, 0.25) is 0 Å². The largest absolute Gasteiger partial charge is 0.444 e. The predicted octanol–water partition coefficient (Wildman–Crippen LogP) is 2.35. The number of carbonyl (C=O) groups is 1. The maximum atomic E-state index is 11.7. The fourth-order valence-electron chi connectivity index (χ4n) is 1.92. The summed E-state index contributed by atoms with van der Waals surface area (Å²) in [5.41, 5.74) is 5.00. The van der Waals surface area contributed by atoms with Gasteiger partial charge in [0.25, 0.3) is 0 Å². The molecule has 0 spiro atoms. The predicted molar refractivity (Wildman–Crippen MR) is 85.9 cm³/mol. The number of aliphatic hydroxyl groups excluding tert-OH is 1. The molecule has 1 unspecified atom stereocenters. The topological polar surface area (TPSA) is 117 Å². The number of carbonyl (C=O) groups excluding carboxylic acids is 1. The highest BCUT2D eigenvalue weighted by Crippen LogP contribution is 2.11. The zero-order valence-corrected chi connectivity index (χ0v) is 14.1. The molecule has 22 heavy (non-hydrogen) atoms. The highest BCUT2D eigenvalue weighted by Gasteiger charge is 2.21. The van der Waals surface area contributed by atoms with Gasteiger partial charge in [-0.25, -0.2) is 4.79 Å². The van der Waals surface area contributed by atoms with Gasteiger partial charge in [0.2, 0.25) is 0 Å². The van der Waals surface area contributed by atoms with Crippen molar-refractivity contribution in [3.8, 4) is 0 Å². The molecule has 1 amide bonds. The summed E-state index contributed by atoms with van der Waals surface area (Å²) in [5, 5.41) is 23.8. The van der Waals surface area contributed by atoms with Crippen molar-refractivity contribution in [1.82, 2.24) is 5.32 Å². The summed E-state index contributed by atoms with van der Waals surface area (Å²) < 4.78 is 5.16. The monoisotopic (exact) mass is 317 g/mol. The van der Waals surface area contributed by atoms with E-state index in [1.165, 1.54) is 0 Å². The Labute approximate surface area is 132 Å². The third-order valence-corrected chi connectivity index (χ3v) is 3.16. The summed E-state index contributed by atoms with van der Waals surface area (Å²) in [6, 6.07) is -0.559. The molecule has 0 aromatic rings. The number of nitrogens with one attached hydrogen (secondary N) is 1.